The molecule has 1 rings (SSSR count). The summed E-state index contributed by atoms with van der Waals surface area (Å²) in [7, 11) is 0. The van der Waals surface area contributed by atoms with E-state index in [0.29, 0.717) is 12.9 Å². The molecule has 0 radical (unpaired) electrons. The molecule has 0 aliphatic carbocycles. The molecule has 0 N–H and O–H groups in total. The molecule has 1 aliphatic rings. The fourth-order valence-electron chi connectivity index (χ4n) is 2.59. The summed E-state index contributed by atoms with van der Waals surface area (Å²) in [5.74, 6) is 0. The van der Waals surface area contributed by atoms with Crippen molar-refractivity contribution in [2.24, 2.45) is 0 Å². The Morgan fingerprint density at radius 1 is 1.15 bits per heavy atom. The lowest BCUT2D eigenvalue weighted by atomic mass is 9.51. The Hall–Kier alpha value is -0.955. The van der Waals surface area contributed by atoms with Gasteiger partial charge in [0.15, 0.2) is 0 Å². The van der Waals surface area contributed by atoms with Gasteiger partial charge in [-0.2, -0.15) is 0 Å². The zero-order chi connectivity index (χ0) is 15.3. The minimum Gasteiger partial charge on any atom is -0.413 e. The van der Waals surface area contributed by atoms with Gasteiger partial charge >= 0.3 is 0 Å². The van der Waals surface area contributed by atoms with Crippen LogP contribution in [-0.2, 0) is 0 Å². The summed E-state index contributed by atoms with van der Waals surface area (Å²) in [5.41, 5.74) is 3.62. The maximum atomic E-state index is 4.08. The molecule has 0 amide bonds. The molecule has 1 heterocycles. The van der Waals surface area contributed by atoms with Crippen molar-refractivity contribution in [1.29, 1.82) is 0 Å². The van der Waals surface area contributed by atoms with E-state index in [4.69, 9.17) is 0 Å². The van der Waals surface area contributed by atoms with Crippen LogP contribution in [0.4, 0.5) is 0 Å². The first-order valence-electron chi connectivity index (χ1n) is 7.05. The second-order valence-corrected chi connectivity index (χ2v) is 6.91. The van der Waals surface area contributed by atoms with Gasteiger partial charge in [-0.3, -0.25) is 0 Å². The van der Waals surface area contributed by atoms with Gasteiger partial charge in [-0.25, -0.2) is 0 Å². The van der Waals surface area contributed by atoms with Crippen LogP contribution in [0.1, 0.15) is 27.2 Å². The Morgan fingerprint density at radius 3 is 2.15 bits per heavy atom. The Balaban J connectivity index is 2.98. The van der Waals surface area contributed by atoms with E-state index in [1.54, 1.807) is 0 Å². The zero-order valence-corrected chi connectivity index (χ0v) is 14.5. The maximum absolute atomic E-state index is 4.08. The van der Waals surface area contributed by atoms with Crippen LogP contribution in [0.25, 0.3) is 0 Å². The van der Waals surface area contributed by atoms with Crippen molar-refractivity contribution >= 4 is 22.8 Å². The number of allylic oxidation sites excluding steroid dienone is 4. The number of hydrogen-bond acceptors (Lipinski definition) is 1. The lowest BCUT2D eigenvalue weighted by Gasteiger charge is -2.38. The third-order valence-electron chi connectivity index (χ3n) is 3.32. The van der Waals surface area contributed by atoms with E-state index in [1.807, 2.05) is 0 Å². The molecule has 1 unspecified atom stereocenters. The highest BCUT2D eigenvalue weighted by Crippen LogP contribution is 2.30. The van der Waals surface area contributed by atoms with Crippen molar-refractivity contribution in [1.82, 2.24) is 4.81 Å². The van der Waals surface area contributed by atoms with E-state index in [-0.39, 0.29) is 0 Å². The summed E-state index contributed by atoms with van der Waals surface area (Å²) in [6, 6.07) is 0.334. The average molecular weight is 334 g/mol. The van der Waals surface area contributed by atoms with Crippen LogP contribution in [-0.4, -0.2) is 17.7 Å². The molecule has 0 aromatic rings. The van der Waals surface area contributed by atoms with Gasteiger partial charge in [-0.05, 0) is 58.2 Å². The van der Waals surface area contributed by atoms with Crippen LogP contribution in [0.5, 0.6) is 0 Å². The molecule has 1 nitrogen and oxygen atoms in total. The quantitative estimate of drug-likeness (QED) is 0.434. The fraction of sp³-hybridized carbons (Fsp3) is 0.412. The standard InChI is InChI=1S/C17H25BBrN/c1-13(2)10-17-16(19)8-7-9-20(17)18(11-14(3)4)12-15(5)6/h7-9,17H,1,3,5,10-12H2,2,4,6H3. The summed E-state index contributed by atoms with van der Waals surface area (Å²) in [4.78, 5) is 2.43. The van der Waals surface area contributed by atoms with Crippen LogP contribution in [0.2, 0.25) is 12.6 Å². The highest BCUT2D eigenvalue weighted by Gasteiger charge is 2.29. The molecule has 0 bridgehead atoms. The molecular formula is C17H25BBrN. The van der Waals surface area contributed by atoms with Gasteiger partial charge in [0.25, 0.3) is 6.85 Å². The molecule has 0 spiro atoms. The van der Waals surface area contributed by atoms with E-state index in [0.717, 1.165) is 19.1 Å². The van der Waals surface area contributed by atoms with Gasteiger partial charge in [0.05, 0.1) is 6.04 Å². The van der Waals surface area contributed by atoms with Gasteiger partial charge in [0, 0.05) is 4.48 Å². The molecule has 0 saturated heterocycles. The predicted octanol–water partition coefficient (Wildman–Crippen LogP) is 5.57. The Bertz CT molecular complexity index is 446. The normalized spacial score (nSPS) is 17.7. The van der Waals surface area contributed by atoms with Crippen LogP contribution < -0.4 is 0 Å². The van der Waals surface area contributed by atoms with Gasteiger partial charge in [0.1, 0.15) is 0 Å². The Labute approximate surface area is 133 Å². The second kappa shape index (κ2) is 7.73. The van der Waals surface area contributed by atoms with E-state index in [9.17, 15) is 0 Å². The molecule has 0 saturated carbocycles. The molecule has 1 aliphatic heterocycles. The van der Waals surface area contributed by atoms with Crippen molar-refractivity contribution in [3.05, 3.63) is 59.3 Å². The molecule has 0 aromatic carbocycles. The molecule has 3 heteroatoms. The number of rotatable bonds is 7. The van der Waals surface area contributed by atoms with Crippen molar-refractivity contribution in [3.63, 3.8) is 0 Å². The van der Waals surface area contributed by atoms with Crippen molar-refractivity contribution in [3.8, 4) is 0 Å². The summed E-state index contributed by atoms with van der Waals surface area (Å²) >= 11 is 3.71. The number of hydrogen-bond donors (Lipinski definition) is 0. The summed E-state index contributed by atoms with van der Waals surface area (Å²) in [5, 5.41) is 0. The highest BCUT2D eigenvalue weighted by molar-refractivity contribution is 9.11. The second-order valence-electron chi connectivity index (χ2n) is 5.99. The van der Waals surface area contributed by atoms with Crippen LogP contribution in [0.3, 0.4) is 0 Å². The zero-order valence-electron chi connectivity index (χ0n) is 13.0. The van der Waals surface area contributed by atoms with E-state index < -0.39 is 0 Å². The van der Waals surface area contributed by atoms with Crippen molar-refractivity contribution in [2.45, 2.75) is 45.9 Å². The van der Waals surface area contributed by atoms with Gasteiger partial charge in [-0.15, -0.1) is 19.7 Å². The topological polar surface area (TPSA) is 3.24 Å². The Kier molecular flexibility index (Phi) is 6.61. The molecule has 20 heavy (non-hydrogen) atoms. The smallest absolute Gasteiger partial charge is 0.262 e. The lowest BCUT2D eigenvalue weighted by Crippen LogP contribution is -2.44. The third-order valence-corrected chi connectivity index (χ3v) is 4.12. The molecule has 108 valence electrons. The predicted molar refractivity (Wildman–Crippen MR) is 96.2 cm³/mol. The monoisotopic (exact) mass is 333 g/mol. The van der Waals surface area contributed by atoms with Gasteiger partial charge in [-0.1, -0.05) is 32.6 Å². The van der Waals surface area contributed by atoms with Gasteiger partial charge in [0.2, 0.25) is 0 Å². The minimum absolute atomic E-state index is 0.334. The van der Waals surface area contributed by atoms with Gasteiger partial charge < -0.3 is 4.81 Å². The van der Waals surface area contributed by atoms with Crippen LogP contribution in [0.15, 0.2) is 59.3 Å². The lowest BCUT2D eigenvalue weighted by molar-refractivity contribution is 0.464. The Morgan fingerprint density at radius 2 is 1.70 bits per heavy atom. The maximum Gasteiger partial charge on any atom is 0.262 e. The highest BCUT2D eigenvalue weighted by atomic mass is 79.9. The van der Waals surface area contributed by atoms with E-state index >= 15 is 0 Å². The number of nitrogens with zero attached hydrogens (tertiary/aromatic N) is 1. The van der Waals surface area contributed by atoms with E-state index in [2.05, 4.69) is 79.6 Å². The fourth-order valence-corrected chi connectivity index (χ4v) is 3.14. The average Bonchev–Trinajstić information content (AvgIpc) is 2.29. The first-order chi connectivity index (χ1) is 9.31. The molecular weight excluding hydrogens is 309 g/mol. The largest absolute Gasteiger partial charge is 0.413 e. The summed E-state index contributed by atoms with van der Waals surface area (Å²) in [6.45, 7) is 18.9. The first-order valence-corrected chi connectivity index (χ1v) is 7.85. The van der Waals surface area contributed by atoms with Crippen molar-refractivity contribution < 1.29 is 0 Å². The molecule has 0 fully saturated rings. The summed E-state index contributed by atoms with van der Waals surface area (Å²) in [6.07, 6.45) is 9.36. The molecule has 0 aromatic heterocycles. The summed E-state index contributed by atoms with van der Waals surface area (Å²) < 4.78 is 1.22. The van der Waals surface area contributed by atoms with Crippen LogP contribution in [0, 0.1) is 0 Å². The van der Waals surface area contributed by atoms with Crippen molar-refractivity contribution in [2.75, 3.05) is 0 Å². The SMILES string of the molecule is C=C(C)CB(CC(=C)C)N1C=CC=C(Br)C1CC(=C)C. The number of halogens is 1. The van der Waals surface area contributed by atoms with E-state index in [1.165, 1.54) is 21.2 Å². The molecule has 1 atom stereocenters. The first kappa shape index (κ1) is 17.1. The third kappa shape index (κ3) is 5.20. The van der Waals surface area contributed by atoms with Crippen LogP contribution >= 0.6 is 15.9 Å². The minimum atomic E-state index is 0.334.